The van der Waals surface area contributed by atoms with Gasteiger partial charge in [0, 0.05) is 22.6 Å². The van der Waals surface area contributed by atoms with Crippen molar-refractivity contribution in [3.8, 4) is 0 Å². The van der Waals surface area contributed by atoms with Crippen molar-refractivity contribution in [3.63, 3.8) is 0 Å². The standard InChI is InChI=1S/C15H16ClIN2O2/c1-2-14(20)19-7-5-10(6-8-19)15(21)18-13-4-3-11(17)9-12(13)16/h2-4,9-10H,1,5-8H2,(H,18,21). The van der Waals surface area contributed by atoms with E-state index in [1.807, 2.05) is 12.1 Å². The Hall–Kier alpha value is -1.08. The minimum Gasteiger partial charge on any atom is -0.339 e. The molecule has 1 aliphatic heterocycles. The van der Waals surface area contributed by atoms with Crippen LogP contribution < -0.4 is 5.32 Å². The Morgan fingerprint density at radius 1 is 1.38 bits per heavy atom. The molecule has 1 fully saturated rings. The summed E-state index contributed by atoms with van der Waals surface area (Å²) in [5.41, 5.74) is 0.631. The Labute approximate surface area is 142 Å². The Kier molecular flexibility index (Phi) is 5.64. The van der Waals surface area contributed by atoms with Crippen molar-refractivity contribution < 1.29 is 9.59 Å². The highest BCUT2D eigenvalue weighted by molar-refractivity contribution is 14.1. The number of carbonyl (C=O) groups excluding carboxylic acids is 2. The number of nitrogens with one attached hydrogen (secondary N) is 1. The molecule has 0 saturated carbocycles. The highest BCUT2D eigenvalue weighted by Gasteiger charge is 2.26. The average Bonchev–Trinajstić information content (AvgIpc) is 2.49. The van der Waals surface area contributed by atoms with Crippen molar-refractivity contribution in [3.05, 3.63) is 39.4 Å². The van der Waals surface area contributed by atoms with Crippen LogP contribution in [0.3, 0.4) is 0 Å². The number of nitrogens with zero attached hydrogens (tertiary/aromatic N) is 1. The molecule has 112 valence electrons. The molecule has 0 spiro atoms. The van der Waals surface area contributed by atoms with Crippen LogP contribution in [0.5, 0.6) is 0 Å². The van der Waals surface area contributed by atoms with E-state index in [-0.39, 0.29) is 17.7 Å². The van der Waals surface area contributed by atoms with E-state index in [1.54, 1.807) is 11.0 Å². The molecule has 4 nitrogen and oxygen atoms in total. The second-order valence-corrected chi connectivity index (χ2v) is 6.57. The van der Waals surface area contributed by atoms with E-state index in [2.05, 4.69) is 34.5 Å². The van der Waals surface area contributed by atoms with Crippen molar-refractivity contribution in [2.45, 2.75) is 12.8 Å². The van der Waals surface area contributed by atoms with Gasteiger partial charge in [-0.05, 0) is 59.7 Å². The lowest BCUT2D eigenvalue weighted by atomic mass is 9.95. The molecule has 6 heteroatoms. The van der Waals surface area contributed by atoms with Gasteiger partial charge in [0.05, 0.1) is 10.7 Å². The number of carbonyl (C=O) groups is 2. The molecule has 0 bridgehead atoms. The van der Waals surface area contributed by atoms with Crippen LogP contribution in [-0.4, -0.2) is 29.8 Å². The average molecular weight is 419 g/mol. The minimum atomic E-state index is -0.0887. The van der Waals surface area contributed by atoms with Crippen molar-refractivity contribution in [2.75, 3.05) is 18.4 Å². The maximum absolute atomic E-state index is 12.3. The van der Waals surface area contributed by atoms with E-state index in [0.717, 1.165) is 3.57 Å². The molecule has 0 atom stereocenters. The van der Waals surface area contributed by atoms with Gasteiger partial charge in [0.15, 0.2) is 0 Å². The van der Waals surface area contributed by atoms with Gasteiger partial charge < -0.3 is 10.2 Å². The zero-order chi connectivity index (χ0) is 15.4. The number of likely N-dealkylation sites (tertiary alicyclic amines) is 1. The number of anilines is 1. The van der Waals surface area contributed by atoms with Gasteiger partial charge in [0.2, 0.25) is 11.8 Å². The smallest absolute Gasteiger partial charge is 0.245 e. The number of halogens is 2. The highest BCUT2D eigenvalue weighted by Crippen LogP contribution is 2.26. The molecule has 1 aromatic carbocycles. The summed E-state index contributed by atoms with van der Waals surface area (Å²) in [6.07, 6.45) is 2.63. The lowest BCUT2D eigenvalue weighted by Crippen LogP contribution is -2.40. The van der Waals surface area contributed by atoms with Crippen LogP contribution in [0.1, 0.15) is 12.8 Å². The van der Waals surface area contributed by atoms with Gasteiger partial charge in [-0.2, -0.15) is 0 Å². The summed E-state index contributed by atoms with van der Waals surface area (Å²) in [4.78, 5) is 25.5. The topological polar surface area (TPSA) is 49.4 Å². The van der Waals surface area contributed by atoms with Gasteiger partial charge in [-0.25, -0.2) is 0 Å². The number of hydrogen-bond donors (Lipinski definition) is 1. The fourth-order valence-corrected chi connectivity index (χ4v) is 3.22. The first kappa shape index (κ1) is 16.3. The summed E-state index contributed by atoms with van der Waals surface area (Å²) in [6.45, 7) is 4.65. The minimum absolute atomic E-state index is 0.0381. The quantitative estimate of drug-likeness (QED) is 0.605. The molecule has 1 aliphatic rings. The molecule has 0 aliphatic carbocycles. The number of benzene rings is 1. The first-order chi connectivity index (χ1) is 10.0. The Morgan fingerprint density at radius 3 is 2.62 bits per heavy atom. The molecular weight excluding hydrogens is 403 g/mol. The zero-order valence-electron chi connectivity index (χ0n) is 11.4. The van der Waals surface area contributed by atoms with Crippen LogP contribution in [0, 0.1) is 9.49 Å². The van der Waals surface area contributed by atoms with Crippen LogP contribution in [0.4, 0.5) is 5.69 Å². The van der Waals surface area contributed by atoms with E-state index in [4.69, 9.17) is 11.6 Å². The number of hydrogen-bond acceptors (Lipinski definition) is 2. The van der Waals surface area contributed by atoms with Crippen molar-refractivity contribution >= 4 is 51.7 Å². The Bertz CT molecular complexity index is 569. The van der Waals surface area contributed by atoms with Crippen LogP contribution in [0.2, 0.25) is 5.02 Å². The predicted octanol–water partition coefficient (Wildman–Crippen LogP) is 3.31. The van der Waals surface area contributed by atoms with Crippen molar-refractivity contribution in [2.24, 2.45) is 5.92 Å². The zero-order valence-corrected chi connectivity index (χ0v) is 14.4. The van der Waals surface area contributed by atoms with Gasteiger partial charge in [-0.3, -0.25) is 9.59 Å². The van der Waals surface area contributed by atoms with Crippen LogP contribution >= 0.6 is 34.2 Å². The number of amides is 2. The lowest BCUT2D eigenvalue weighted by Gasteiger charge is -2.30. The van der Waals surface area contributed by atoms with E-state index in [0.29, 0.717) is 36.6 Å². The maximum Gasteiger partial charge on any atom is 0.245 e. The lowest BCUT2D eigenvalue weighted by molar-refractivity contribution is -0.130. The van der Waals surface area contributed by atoms with Crippen molar-refractivity contribution in [1.29, 1.82) is 0 Å². The molecule has 0 radical (unpaired) electrons. The molecular formula is C15H16ClIN2O2. The van der Waals surface area contributed by atoms with E-state index in [9.17, 15) is 9.59 Å². The third-order valence-electron chi connectivity index (χ3n) is 3.54. The molecule has 0 aromatic heterocycles. The fourth-order valence-electron chi connectivity index (χ4n) is 2.32. The number of piperidine rings is 1. The molecule has 2 amide bonds. The first-order valence-electron chi connectivity index (χ1n) is 6.68. The molecule has 1 saturated heterocycles. The second-order valence-electron chi connectivity index (χ2n) is 4.92. The summed E-state index contributed by atoms with van der Waals surface area (Å²) in [5, 5.41) is 3.40. The van der Waals surface area contributed by atoms with Gasteiger partial charge in [-0.15, -0.1) is 0 Å². The predicted molar refractivity (Wildman–Crippen MR) is 92.3 cm³/mol. The van der Waals surface area contributed by atoms with E-state index in [1.165, 1.54) is 6.08 Å². The van der Waals surface area contributed by atoms with Gasteiger partial charge >= 0.3 is 0 Å². The van der Waals surface area contributed by atoms with Crippen LogP contribution in [-0.2, 0) is 9.59 Å². The monoisotopic (exact) mass is 418 g/mol. The molecule has 1 heterocycles. The molecule has 1 N–H and O–H groups in total. The summed E-state index contributed by atoms with van der Waals surface area (Å²) >= 11 is 8.28. The Balaban J connectivity index is 1.93. The largest absolute Gasteiger partial charge is 0.339 e. The Morgan fingerprint density at radius 2 is 2.05 bits per heavy atom. The van der Waals surface area contributed by atoms with Crippen LogP contribution in [0.15, 0.2) is 30.9 Å². The SMILES string of the molecule is C=CC(=O)N1CCC(C(=O)Nc2ccc(I)cc2Cl)CC1. The van der Waals surface area contributed by atoms with Gasteiger partial charge in [-0.1, -0.05) is 18.2 Å². The molecule has 21 heavy (non-hydrogen) atoms. The third kappa shape index (κ3) is 4.20. The maximum atomic E-state index is 12.3. The van der Waals surface area contributed by atoms with Gasteiger partial charge in [0.1, 0.15) is 0 Å². The summed E-state index contributed by atoms with van der Waals surface area (Å²) in [5.74, 6) is -0.201. The van der Waals surface area contributed by atoms with Gasteiger partial charge in [0.25, 0.3) is 0 Å². The second kappa shape index (κ2) is 7.26. The van der Waals surface area contributed by atoms with Crippen LogP contribution in [0.25, 0.3) is 0 Å². The fraction of sp³-hybridized carbons (Fsp3) is 0.333. The normalized spacial score (nSPS) is 15.6. The van der Waals surface area contributed by atoms with E-state index < -0.39 is 0 Å². The summed E-state index contributed by atoms with van der Waals surface area (Å²) in [7, 11) is 0. The first-order valence-corrected chi connectivity index (χ1v) is 8.14. The summed E-state index contributed by atoms with van der Waals surface area (Å²) in [6, 6.07) is 5.51. The third-order valence-corrected chi connectivity index (χ3v) is 4.52. The molecule has 0 unspecified atom stereocenters. The van der Waals surface area contributed by atoms with Crippen molar-refractivity contribution in [1.82, 2.24) is 4.90 Å². The molecule has 1 aromatic rings. The number of rotatable bonds is 3. The highest BCUT2D eigenvalue weighted by atomic mass is 127. The van der Waals surface area contributed by atoms with E-state index >= 15 is 0 Å². The summed E-state index contributed by atoms with van der Waals surface area (Å²) < 4.78 is 1.02. The molecule has 2 rings (SSSR count).